The number of hydrogen-bond donors (Lipinski definition) is 3. The molecule has 3 N–H and O–H groups in total. The third kappa shape index (κ3) is 5.66. The van der Waals surface area contributed by atoms with Gasteiger partial charge in [0.25, 0.3) is 5.91 Å². The fraction of sp³-hybridized carbons (Fsp3) is 0.458. The van der Waals surface area contributed by atoms with Crippen molar-refractivity contribution in [2.45, 2.75) is 50.9 Å². The standard InChI is InChI=1S/C24H32N2O3/c1-2-3-7-19-10-12-20(13-11-19)16-25-17-24(29)18-26(15-14-22(24)27)23(28)21-8-5-4-6-9-21/h4-6,8-13,22,25,27,29H,2-3,7,14-18H2,1H3/t22-,24+/m1/s1. The van der Waals surface area contributed by atoms with Crippen LogP contribution in [0.25, 0.3) is 0 Å². The van der Waals surface area contributed by atoms with E-state index < -0.39 is 11.7 Å². The number of β-amino-alcohol motifs (C(OH)–C–C–N with tert-alkyl or cyclic N) is 1. The largest absolute Gasteiger partial charge is 0.390 e. The molecule has 5 nitrogen and oxygen atoms in total. The minimum Gasteiger partial charge on any atom is -0.390 e. The molecule has 0 saturated carbocycles. The number of unbranched alkanes of at least 4 members (excludes halogenated alkanes) is 1. The van der Waals surface area contributed by atoms with Crippen LogP contribution in [-0.4, -0.2) is 52.4 Å². The monoisotopic (exact) mass is 396 g/mol. The number of rotatable bonds is 8. The molecule has 1 fully saturated rings. The Morgan fingerprint density at radius 2 is 1.83 bits per heavy atom. The van der Waals surface area contributed by atoms with E-state index in [1.807, 2.05) is 18.2 Å². The van der Waals surface area contributed by atoms with Gasteiger partial charge in [-0.15, -0.1) is 0 Å². The molecular formula is C24H32N2O3. The molecule has 2 aromatic rings. The number of nitrogens with one attached hydrogen (secondary N) is 1. The van der Waals surface area contributed by atoms with E-state index >= 15 is 0 Å². The molecule has 0 bridgehead atoms. The van der Waals surface area contributed by atoms with Gasteiger partial charge in [-0.25, -0.2) is 0 Å². The topological polar surface area (TPSA) is 72.8 Å². The first-order chi connectivity index (χ1) is 14.0. The zero-order valence-electron chi connectivity index (χ0n) is 17.2. The summed E-state index contributed by atoms with van der Waals surface area (Å²) in [5.41, 5.74) is 1.72. The Kier molecular flexibility index (Phi) is 7.42. The Bertz CT molecular complexity index is 778. The van der Waals surface area contributed by atoms with Gasteiger partial charge in [-0.3, -0.25) is 4.79 Å². The lowest BCUT2D eigenvalue weighted by atomic mass is 9.89. The van der Waals surface area contributed by atoms with E-state index in [0.29, 0.717) is 25.1 Å². The summed E-state index contributed by atoms with van der Waals surface area (Å²) in [6, 6.07) is 17.6. The Balaban J connectivity index is 1.55. The van der Waals surface area contributed by atoms with Gasteiger partial charge in [-0.2, -0.15) is 0 Å². The fourth-order valence-electron chi connectivity index (χ4n) is 3.80. The van der Waals surface area contributed by atoms with Crippen molar-refractivity contribution in [3.8, 4) is 0 Å². The average molecular weight is 397 g/mol. The summed E-state index contributed by atoms with van der Waals surface area (Å²) in [5, 5.41) is 24.7. The van der Waals surface area contributed by atoms with Crippen LogP contribution in [0.1, 0.15) is 47.7 Å². The molecule has 2 aromatic carbocycles. The zero-order valence-corrected chi connectivity index (χ0v) is 17.2. The number of aliphatic hydroxyl groups is 2. The van der Waals surface area contributed by atoms with Gasteiger partial charge in [0.15, 0.2) is 0 Å². The third-order valence-electron chi connectivity index (χ3n) is 5.67. The number of likely N-dealkylation sites (tertiary alicyclic amines) is 1. The van der Waals surface area contributed by atoms with Crippen LogP contribution in [0.3, 0.4) is 0 Å². The van der Waals surface area contributed by atoms with Crippen LogP contribution < -0.4 is 5.32 Å². The van der Waals surface area contributed by atoms with E-state index in [1.165, 1.54) is 18.4 Å². The van der Waals surface area contributed by atoms with Gasteiger partial charge < -0.3 is 20.4 Å². The van der Waals surface area contributed by atoms with E-state index in [0.717, 1.165) is 12.0 Å². The Labute approximate surface area is 173 Å². The normalized spacial score (nSPS) is 21.9. The second-order valence-electron chi connectivity index (χ2n) is 8.02. The molecule has 1 amide bonds. The van der Waals surface area contributed by atoms with Gasteiger partial charge in [0.2, 0.25) is 0 Å². The van der Waals surface area contributed by atoms with E-state index in [1.54, 1.807) is 17.0 Å². The molecule has 156 valence electrons. The van der Waals surface area contributed by atoms with Crippen LogP contribution >= 0.6 is 0 Å². The van der Waals surface area contributed by atoms with Crippen molar-refractivity contribution < 1.29 is 15.0 Å². The van der Waals surface area contributed by atoms with Crippen molar-refractivity contribution in [1.82, 2.24) is 10.2 Å². The highest BCUT2D eigenvalue weighted by molar-refractivity contribution is 5.94. The predicted molar refractivity (Wildman–Crippen MR) is 115 cm³/mol. The maximum Gasteiger partial charge on any atom is 0.253 e. The van der Waals surface area contributed by atoms with E-state index in [4.69, 9.17) is 0 Å². The Hall–Kier alpha value is -2.21. The first-order valence-corrected chi connectivity index (χ1v) is 10.5. The third-order valence-corrected chi connectivity index (χ3v) is 5.67. The second kappa shape index (κ2) is 10.0. The summed E-state index contributed by atoms with van der Waals surface area (Å²) >= 11 is 0. The minimum atomic E-state index is -1.36. The molecule has 29 heavy (non-hydrogen) atoms. The summed E-state index contributed by atoms with van der Waals surface area (Å²) < 4.78 is 0. The molecule has 0 aliphatic carbocycles. The molecule has 3 rings (SSSR count). The zero-order chi connectivity index (χ0) is 20.7. The fourth-order valence-corrected chi connectivity index (χ4v) is 3.80. The van der Waals surface area contributed by atoms with Gasteiger partial charge in [-0.05, 0) is 42.5 Å². The van der Waals surface area contributed by atoms with E-state index in [9.17, 15) is 15.0 Å². The highest BCUT2D eigenvalue weighted by Crippen LogP contribution is 2.23. The summed E-state index contributed by atoms with van der Waals surface area (Å²) in [6.45, 7) is 3.58. The molecule has 0 unspecified atom stereocenters. The SMILES string of the molecule is CCCCc1ccc(CNC[C@]2(O)CN(C(=O)c3ccccc3)CC[C@H]2O)cc1. The number of amides is 1. The van der Waals surface area contributed by atoms with Gasteiger partial charge in [0, 0.05) is 25.2 Å². The number of benzene rings is 2. The van der Waals surface area contributed by atoms with Gasteiger partial charge >= 0.3 is 0 Å². The van der Waals surface area contributed by atoms with Crippen LogP contribution in [-0.2, 0) is 13.0 Å². The number of hydrogen-bond acceptors (Lipinski definition) is 4. The van der Waals surface area contributed by atoms with Crippen LogP contribution in [0, 0.1) is 0 Å². The molecule has 5 heteroatoms. The quantitative estimate of drug-likeness (QED) is 0.642. The molecule has 0 spiro atoms. The molecule has 1 heterocycles. The summed E-state index contributed by atoms with van der Waals surface area (Å²) in [6.07, 6.45) is 2.99. The van der Waals surface area contributed by atoms with Crippen LogP contribution in [0.2, 0.25) is 0 Å². The van der Waals surface area contributed by atoms with Crippen LogP contribution in [0.15, 0.2) is 54.6 Å². The maximum absolute atomic E-state index is 12.7. The van der Waals surface area contributed by atoms with Gasteiger partial charge in [0.1, 0.15) is 5.60 Å². The lowest BCUT2D eigenvalue weighted by Crippen LogP contribution is -2.62. The van der Waals surface area contributed by atoms with Crippen LogP contribution in [0.5, 0.6) is 0 Å². The number of carbonyl (C=O) groups is 1. The number of aliphatic hydroxyl groups excluding tert-OH is 1. The number of piperidine rings is 1. The Morgan fingerprint density at radius 1 is 1.14 bits per heavy atom. The molecule has 1 aliphatic rings. The van der Waals surface area contributed by atoms with Gasteiger partial charge in [0.05, 0.1) is 12.6 Å². The molecule has 1 saturated heterocycles. The van der Waals surface area contributed by atoms with Crippen molar-refractivity contribution in [3.05, 3.63) is 71.3 Å². The van der Waals surface area contributed by atoms with Crippen molar-refractivity contribution in [2.24, 2.45) is 0 Å². The first kappa shape index (κ1) is 21.5. The summed E-state index contributed by atoms with van der Waals surface area (Å²) in [7, 11) is 0. The molecular weight excluding hydrogens is 364 g/mol. The van der Waals surface area contributed by atoms with Crippen molar-refractivity contribution in [1.29, 1.82) is 0 Å². The summed E-state index contributed by atoms with van der Waals surface area (Å²) in [5.74, 6) is -0.112. The molecule has 2 atom stereocenters. The maximum atomic E-state index is 12.7. The van der Waals surface area contributed by atoms with Crippen LogP contribution in [0.4, 0.5) is 0 Å². The minimum absolute atomic E-state index is 0.112. The van der Waals surface area contributed by atoms with Gasteiger partial charge in [-0.1, -0.05) is 55.8 Å². The van der Waals surface area contributed by atoms with Crippen molar-refractivity contribution >= 4 is 5.91 Å². The number of aryl methyl sites for hydroxylation is 1. The second-order valence-corrected chi connectivity index (χ2v) is 8.02. The predicted octanol–water partition coefficient (Wildman–Crippen LogP) is 2.76. The Morgan fingerprint density at radius 3 is 2.52 bits per heavy atom. The molecule has 0 aromatic heterocycles. The smallest absolute Gasteiger partial charge is 0.253 e. The van der Waals surface area contributed by atoms with Crippen molar-refractivity contribution in [2.75, 3.05) is 19.6 Å². The molecule has 0 radical (unpaired) electrons. The van der Waals surface area contributed by atoms with E-state index in [2.05, 4.69) is 36.5 Å². The number of nitrogens with zero attached hydrogens (tertiary/aromatic N) is 1. The lowest BCUT2D eigenvalue weighted by molar-refractivity contribution is -0.111. The van der Waals surface area contributed by atoms with Crippen molar-refractivity contribution in [3.63, 3.8) is 0 Å². The first-order valence-electron chi connectivity index (χ1n) is 10.5. The highest BCUT2D eigenvalue weighted by Gasteiger charge is 2.42. The lowest BCUT2D eigenvalue weighted by Gasteiger charge is -2.42. The number of carbonyl (C=O) groups excluding carboxylic acids is 1. The summed E-state index contributed by atoms with van der Waals surface area (Å²) in [4.78, 5) is 14.3. The molecule has 1 aliphatic heterocycles. The average Bonchev–Trinajstić information content (AvgIpc) is 2.75. The highest BCUT2D eigenvalue weighted by atomic mass is 16.3. The van der Waals surface area contributed by atoms with E-state index in [-0.39, 0.29) is 19.0 Å².